The Labute approximate surface area is 221 Å². The van der Waals surface area contributed by atoms with Gasteiger partial charge in [0.2, 0.25) is 0 Å². The van der Waals surface area contributed by atoms with Crippen LogP contribution in [-0.4, -0.2) is 14.3 Å². The maximum Gasteiger partial charge on any atom is 0.346 e. The van der Waals surface area contributed by atoms with Crippen LogP contribution in [-0.2, 0) is 31.3 Å². The molecule has 0 aliphatic rings. The molecule has 4 rings (SSSR count). The molecule has 4 aromatic rings. The summed E-state index contributed by atoms with van der Waals surface area (Å²) in [6, 6.07) is 23.9. The quantitative estimate of drug-likeness (QED) is 0.235. The summed E-state index contributed by atoms with van der Waals surface area (Å²) < 4.78 is 3.34. The van der Waals surface area contributed by atoms with E-state index in [-0.39, 0.29) is 11.1 Å². The Morgan fingerprint density at radius 3 is 2.11 bits per heavy atom. The molecule has 37 heavy (non-hydrogen) atoms. The summed E-state index contributed by atoms with van der Waals surface area (Å²) in [5.74, 6) is 0.822. The predicted molar refractivity (Wildman–Crippen MR) is 154 cm³/mol. The number of nitrogens with zero attached hydrogens (tertiary/aromatic N) is 3. The highest BCUT2D eigenvalue weighted by atomic mass is 16.2. The number of hydrogen-bond donors (Lipinski definition) is 0. The second kappa shape index (κ2) is 11.2. The third-order valence-corrected chi connectivity index (χ3v) is 7.12. The van der Waals surface area contributed by atoms with E-state index in [2.05, 4.69) is 108 Å². The number of benzene rings is 3. The fourth-order valence-corrected chi connectivity index (χ4v) is 4.60. The molecule has 4 heteroatoms. The van der Waals surface area contributed by atoms with Crippen molar-refractivity contribution in [3.8, 4) is 11.1 Å². The molecule has 0 fully saturated rings. The summed E-state index contributed by atoms with van der Waals surface area (Å²) in [5.41, 5.74) is 8.80. The van der Waals surface area contributed by atoms with Gasteiger partial charge in [-0.15, -0.1) is 6.58 Å². The van der Waals surface area contributed by atoms with Gasteiger partial charge in [-0.1, -0.05) is 93.6 Å². The molecular weight excluding hydrogens is 454 g/mol. The van der Waals surface area contributed by atoms with Crippen LogP contribution in [0.5, 0.6) is 0 Å². The van der Waals surface area contributed by atoms with E-state index in [0.29, 0.717) is 13.1 Å². The first-order chi connectivity index (χ1) is 17.7. The molecule has 0 aliphatic heterocycles. The molecule has 0 bridgehead atoms. The van der Waals surface area contributed by atoms with Crippen LogP contribution in [0.4, 0.5) is 0 Å². The van der Waals surface area contributed by atoms with Crippen LogP contribution in [0, 0.1) is 13.8 Å². The normalized spacial score (nSPS) is 11.6. The number of allylic oxidation sites excluding steroid dienone is 1. The largest absolute Gasteiger partial charge is 0.346 e. The van der Waals surface area contributed by atoms with Crippen molar-refractivity contribution < 1.29 is 0 Å². The van der Waals surface area contributed by atoms with Gasteiger partial charge in [0.25, 0.3) is 0 Å². The summed E-state index contributed by atoms with van der Waals surface area (Å²) in [4.78, 5) is 13.1. The Kier molecular flexibility index (Phi) is 7.97. The number of aryl methyl sites for hydroxylation is 4. The highest BCUT2D eigenvalue weighted by Crippen LogP contribution is 2.24. The first-order valence-corrected chi connectivity index (χ1v) is 13.2. The topological polar surface area (TPSA) is 39.8 Å². The monoisotopic (exact) mass is 493 g/mol. The van der Waals surface area contributed by atoms with Gasteiger partial charge in [0.15, 0.2) is 0 Å². The van der Waals surface area contributed by atoms with Crippen molar-refractivity contribution in [2.45, 2.75) is 72.4 Å². The van der Waals surface area contributed by atoms with Crippen molar-refractivity contribution in [3.63, 3.8) is 0 Å². The molecule has 0 N–H and O–H groups in total. The fraction of sp³-hybridized carbons (Fsp3) is 0.333. The van der Waals surface area contributed by atoms with Crippen molar-refractivity contribution in [3.05, 3.63) is 124 Å². The molecule has 0 radical (unpaired) electrons. The molecule has 0 saturated heterocycles. The van der Waals surface area contributed by atoms with Crippen molar-refractivity contribution >= 4 is 0 Å². The van der Waals surface area contributed by atoms with E-state index in [0.717, 1.165) is 30.7 Å². The Morgan fingerprint density at radius 1 is 0.838 bits per heavy atom. The van der Waals surface area contributed by atoms with Crippen LogP contribution < -0.4 is 5.69 Å². The molecule has 0 saturated carbocycles. The maximum absolute atomic E-state index is 13.1. The molecule has 4 nitrogen and oxygen atoms in total. The summed E-state index contributed by atoms with van der Waals surface area (Å²) in [5, 5.41) is 4.71. The third-order valence-electron chi connectivity index (χ3n) is 7.12. The minimum atomic E-state index is -0.0763. The van der Waals surface area contributed by atoms with Crippen molar-refractivity contribution in [2.75, 3.05) is 0 Å². The molecule has 1 aromatic heterocycles. The molecular formula is C33H39N3O. The molecule has 0 amide bonds. The van der Waals surface area contributed by atoms with E-state index in [1.54, 1.807) is 15.3 Å². The average molecular weight is 494 g/mol. The van der Waals surface area contributed by atoms with Gasteiger partial charge in [0, 0.05) is 13.0 Å². The van der Waals surface area contributed by atoms with E-state index in [1.807, 2.05) is 0 Å². The predicted octanol–water partition coefficient (Wildman–Crippen LogP) is 7.04. The van der Waals surface area contributed by atoms with Crippen LogP contribution in [0.3, 0.4) is 0 Å². The molecule has 0 spiro atoms. The van der Waals surface area contributed by atoms with Gasteiger partial charge in [-0.05, 0) is 71.0 Å². The van der Waals surface area contributed by atoms with Gasteiger partial charge in [-0.3, -0.25) is 4.57 Å². The highest BCUT2D eigenvalue weighted by molar-refractivity contribution is 5.65. The van der Waals surface area contributed by atoms with Gasteiger partial charge < -0.3 is 0 Å². The lowest BCUT2D eigenvalue weighted by atomic mass is 9.87. The first kappa shape index (κ1) is 26.4. The number of hydrogen-bond acceptors (Lipinski definition) is 2. The van der Waals surface area contributed by atoms with Gasteiger partial charge in [0.1, 0.15) is 5.82 Å². The molecule has 3 aromatic carbocycles. The van der Waals surface area contributed by atoms with Gasteiger partial charge in [-0.2, -0.15) is 5.10 Å². The lowest BCUT2D eigenvalue weighted by Gasteiger charge is -2.19. The van der Waals surface area contributed by atoms with Crippen molar-refractivity contribution in [1.82, 2.24) is 14.3 Å². The van der Waals surface area contributed by atoms with Crippen LogP contribution in [0.2, 0.25) is 0 Å². The first-order valence-electron chi connectivity index (χ1n) is 13.2. The van der Waals surface area contributed by atoms with Gasteiger partial charge in [0.05, 0.1) is 6.54 Å². The highest BCUT2D eigenvalue weighted by Gasteiger charge is 2.15. The van der Waals surface area contributed by atoms with Crippen LogP contribution in [0.15, 0.2) is 84.2 Å². The zero-order valence-electron chi connectivity index (χ0n) is 22.9. The van der Waals surface area contributed by atoms with E-state index < -0.39 is 0 Å². The Hall–Kier alpha value is -3.66. The van der Waals surface area contributed by atoms with Crippen LogP contribution in [0.25, 0.3) is 11.1 Å². The average Bonchev–Trinajstić information content (AvgIpc) is 3.15. The van der Waals surface area contributed by atoms with E-state index in [1.165, 1.54) is 33.4 Å². The fourth-order valence-electron chi connectivity index (χ4n) is 4.60. The second-order valence-electron chi connectivity index (χ2n) is 11.1. The maximum atomic E-state index is 13.1. The van der Waals surface area contributed by atoms with Crippen LogP contribution >= 0.6 is 0 Å². The number of aromatic nitrogens is 3. The molecule has 192 valence electrons. The Bertz CT molecular complexity index is 1410. The minimum absolute atomic E-state index is 0.0763. The lowest BCUT2D eigenvalue weighted by molar-refractivity contribution is 0.588. The zero-order valence-corrected chi connectivity index (χ0v) is 22.9. The summed E-state index contributed by atoms with van der Waals surface area (Å²) >= 11 is 0. The molecule has 0 unspecified atom stereocenters. The Morgan fingerprint density at radius 2 is 1.49 bits per heavy atom. The lowest BCUT2D eigenvalue weighted by Crippen LogP contribution is -2.25. The summed E-state index contributed by atoms with van der Waals surface area (Å²) in [6.07, 6.45) is 4.38. The summed E-state index contributed by atoms with van der Waals surface area (Å²) in [6.45, 7) is 15.7. The number of rotatable bonds is 9. The summed E-state index contributed by atoms with van der Waals surface area (Å²) in [7, 11) is 0. The van der Waals surface area contributed by atoms with Gasteiger partial charge in [-0.25, -0.2) is 9.48 Å². The van der Waals surface area contributed by atoms with Crippen molar-refractivity contribution in [1.29, 1.82) is 0 Å². The molecule has 0 aliphatic carbocycles. The molecule has 1 heterocycles. The second-order valence-corrected chi connectivity index (χ2v) is 11.1. The van der Waals surface area contributed by atoms with E-state index in [9.17, 15) is 4.79 Å². The van der Waals surface area contributed by atoms with Gasteiger partial charge >= 0.3 is 5.69 Å². The smallest absolute Gasteiger partial charge is 0.275 e. The standard InChI is InChI=1S/C33H39N3O/c1-7-21-35-31(34-36(32(35)37)23-27-14-19-30(20-15-27)33(4,5)6)10-8-9-26-12-17-28(18-13-26)29-16-11-24(2)25(3)22-29/h7,11-20,22H,1,8-10,21,23H2,2-6H3. The zero-order chi connectivity index (χ0) is 26.6. The minimum Gasteiger partial charge on any atom is -0.275 e. The SMILES string of the molecule is C=CCn1c(CCCc2ccc(-c3ccc(C)c(C)c3)cc2)nn(Cc2ccc(C(C)(C)C)cc2)c1=O. The van der Waals surface area contributed by atoms with E-state index >= 15 is 0 Å². The molecule has 0 atom stereocenters. The van der Waals surface area contributed by atoms with Crippen LogP contribution in [0.1, 0.15) is 60.8 Å². The Balaban J connectivity index is 1.42. The van der Waals surface area contributed by atoms with E-state index in [4.69, 9.17) is 5.10 Å². The van der Waals surface area contributed by atoms with Crippen molar-refractivity contribution in [2.24, 2.45) is 0 Å². The third kappa shape index (κ3) is 6.37.